The number of anilines is 1. The van der Waals surface area contributed by atoms with Gasteiger partial charge in [-0.15, -0.1) is 10.2 Å². The van der Waals surface area contributed by atoms with Crippen LogP contribution in [0.1, 0.15) is 33.4 Å². The number of nitrogens with one attached hydrogen (secondary N) is 1. The van der Waals surface area contributed by atoms with Crippen molar-refractivity contribution >= 4 is 22.4 Å². The van der Waals surface area contributed by atoms with Crippen LogP contribution in [0, 0.1) is 6.92 Å². The second-order valence-corrected chi connectivity index (χ2v) is 7.24. The van der Waals surface area contributed by atoms with E-state index in [1.807, 2.05) is 13.0 Å². The van der Waals surface area contributed by atoms with E-state index in [9.17, 15) is 23.1 Å². The SMILES string of the molecule is Cc1cccc(C(O)C(=O)Nc2nnc(Cc3ccc(C(F)(F)F)cc3)s2)c1. The third-order valence-corrected chi connectivity index (χ3v) is 4.78. The molecule has 0 bridgehead atoms. The van der Waals surface area contributed by atoms with E-state index in [4.69, 9.17) is 0 Å². The third kappa shape index (κ3) is 4.93. The fraction of sp³-hybridized carbons (Fsp3) is 0.211. The minimum atomic E-state index is -4.38. The summed E-state index contributed by atoms with van der Waals surface area (Å²) in [6.45, 7) is 1.85. The van der Waals surface area contributed by atoms with Crippen LogP contribution in [-0.2, 0) is 17.4 Å². The van der Waals surface area contributed by atoms with Crippen LogP contribution in [-0.4, -0.2) is 21.2 Å². The highest BCUT2D eigenvalue weighted by atomic mass is 32.1. The quantitative estimate of drug-likeness (QED) is 0.667. The lowest BCUT2D eigenvalue weighted by Crippen LogP contribution is -2.20. The van der Waals surface area contributed by atoms with Gasteiger partial charge in [-0.2, -0.15) is 13.2 Å². The maximum atomic E-state index is 12.6. The van der Waals surface area contributed by atoms with Crippen molar-refractivity contribution in [2.75, 3.05) is 5.32 Å². The molecule has 1 amide bonds. The van der Waals surface area contributed by atoms with Gasteiger partial charge in [-0.05, 0) is 30.2 Å². The summed E-state index contributed by atoms with van der Waals surface area (Å²) in [6, 6.07) is 11.7. The summed E-state index contributed by atoms with van der Waals surface area (Å²) >= 11 is 1.09. The van der Waals surface area contributed by atoms with Crippen molar-refractivity contribution in [2.45, 2.75) is 25.6 Å². The first-order valence-corrected chi connectivity index (χ1v) is 9.08. The molecule has 0 aliphatic carbocycles. The molecule has 9 heteroatoms. The minimum absolute atomic E-state index is 0.207. The molecule has 146 valence electrons. The van der Waals surface area contributed by atoms with Gasteiger partial charge >= 0.3 is 6.18 Å². The second kappa shape index (κ2) is 8.07. The zero-order valence-electron chi connectivity index (χ0n) is 14.7. The fourth-order valence-corrected chi connectivity index (χ4v) is 3.30. The van der Waals surface area contributed by atoms with E-state index in [1.54, 1.807) is 18.2 Å². The van der Waals surface area contributed by atoms with Gasteiger partial charge in [0.15, 0.2) is 6.10 Å². The van der Waals surface area contributed by atoms with Crippen LogP contribution < -0.4 is 5.32 Å². The summed E-state index contributed by atoms with van der Waals surface area (Å²) in [5.74, 6) is -0.636. The number of hydrogen-bond acceptors (Lipinski definition) is 5. The number of hydrogen-bond donors (Lipinski definition) is 2. The Bertz CT molecular complexity index is 971. The standard InChI is InChI=1S/C19H16F3N3O2S/c1-11-3-2-4-13(9-11)16(26)17(27)23-18-25-24-15(28-18)10-12-5-7-14(8-6-12)19(20,21)22/h2-9,16,26H,10H2,1H3,(H,23,25,27). The molecule has 0 saturated heterocycles. The molecule has 0 spiro atoms. The van der Waals surface area contributed by atoms with E-state index in [-0.39, 0.29) is 11.6 Å². The van der Waals surface area contributed by atoms with Gasteiger partial charge in [0.25, 0.3) is 5.91 Å². The molecule has 2 N–H and O–H groups in total. The van der Waals surface area contributed by atoms with Crippen LogP contribution in [0.3, 0.4) is 0 Å². The number of rotatable bonds is 5. The van der Waals surface area contributed by atoms with Gasteiger partial charge in [0.1, 0.15) is 5.01 Å². The Kier molecular flexibility index (Phi) is 5.76. The molecular formula is C19H16F3N3O2S. The Morgan fingerprint density at radius 2 is 1.89 bits per heavy atom. The van der Waals surface area contributed by atoms with E-state index < -0.39 is 23.8 Å². The zero-order chi connectivity index (χ0) is 20.3. The Morgan fingerprint density at radius 3 is 2.54 bits per heavy atom. The van der Waals surface area contributed by atoms with E-state index in [0.29, 0.717) is 16.1 Å². The van der Waals surface area contributed by atoms with Crippen molar-refractivity contribution in [3.8, 4) is 0 Å². The van der Waals surface area contributed by atoms with Crippen LogP contribution >= 0.6 is 11.3 Å². The number of carbonyl (C=O) groups is 1. The Morgan fingerprint density at radius 1 is 1.18 bits per heavy atom. The van der Waals surface area contributed by atoms with E-state index in [1.165, 1.54) is 12.1 Å². The predicted octanol–water partition coefficient (Wildman–Crippen LogP) is 4.13. The van der Waals surface area contributed by atoms with Crippen molar-refractivity contribution in [3.05, 3.63) is 75.8 Å². The van der Waals surface area contributed by atoms with Crippen LogP contribution in [0.2, 0.25) is 0 Å². The highest BCUT2D eigenvalue weighted by Gasteiger charge is 2.30. The van der Waals surface area contributed by atoms with E-state index in [0.717, 1.165) is 29.0 Å². The number of halogens is 3. The lowest BCUT2D eigenvalue weighted by atomic mass is 10.1. The number of aromatic nitrogens is 2. The molecule has 3 aromatic rings. The number of nitrogens with zero attached hydrogens (tertiary/aromatic N) is 2. The van der Waals surface area contributed by atoms with Crippen molar-refractivity contribution in [1.29, 1.82) is 0 Å². The fourth-order valence-electron chi connectivity index (χ4n) is 2.53. The van der Waals surface area contributed by atoms with Gasteiger partial charge in [0.05, 0.1) is 5.56 Å². The van der Waals surface area contributed by atoms with Crippen molar-refractivity contribution in [1.82, 2.24) is 10.2 Å². The molecule has 0 fully saturated rings. The molecule has 1 aromatic heterocycles. The lowest BCUT2D eigenvalue weighted by molar-refractivity contribution is -0.137. The molecule has 2 aromatic carbocycles. The van der Waals surface area contributed by atoms with Gasteiger partial charge in [-0.1, -0.05) is 53.3 Å². The monoisotopic (exact) mass is 407 g/mol. The third-order valence-electron chi connectivity index (χ3n) is 3.94. The summed E-state index contributed by atoms with van der Waals surface area (Å²) in [6.07, 6.45) is -5.44. The Hall–Kier alpha value is -2.78. The number of carbonyl (C=O) groups excluding carboxylic acids is 1. The molecule has 0 saturated carbocycles. The topological polar surface area (TPSA) is 75.1 Å². The molecule has 0 aliphatic heterocycles. The molecule has 0 aliphatic rings. The number of alkyl halides is 3. The largest absolute Gasteiger partial charge is 0.416 e. The first kappa shape index (κ1) is 20.0. The maximum Gasteiger partial charge on any atom is 0.416 e. The molecule has 0 radical (unpaired) electrons. The van der Waals surface area contributed by atoms with Gasteiger partial charge in [-0.3, -0.25) is 10.1 Å². The first-order chi connectivity index (χ1) is 13.2. The van der Waals surface area contributed by atoms with Gasteiger partial charge < -0.3 is 5.11 Å². The summed E-state index contributed by atoms with van der Waals surface area (Å²) in [5.41, 5.74) is 1.31. The van der Waals surface area contributed by atoms with Gasteiger partial charge in [0, 0.05) is 6.42 Å². The molecule has 1 atom stereocenters. The van der Waals surface area contributed by atoms with Crippen molar-refractivity contribution < 1.29 is 23.1 Å². The molecule has 1 unspecified atom stereocenters. The van der Waals surface area contributed by atoms with Crippen LogP contribution in [0.4, 0.5) is 18.3 Å². The molecule has 28 heavy (non-hydrogen) atoms. The second-order valence-electron chi connectivity index (χ2n) is 6.18. The highest BCUT2D eigenvalue weighted by Crippen LogP contribution is 2.29. The highest BCUT2D eigenvalue weighted by molar-refractivity contribution is 7.15. The van der Waals surface area contributed by atoms with E-state index in [2.05, 4.69) is 15.5 Å². The molecule has 3 rings (SSSR count). The summed E-state index contributed by atoms with van der Waals surface area (Å²) in [7, 11) is 0. The number of aliphatic hydroxyl groups is 1. The maximum absolute atomic E-state index is 12.6. The Balaban J connectivity index is 1.63. The van der Waals surface area contributed by atoms with Gasteiger partial charge in [-0.25, -0.2) is 0 Å². The predicted molar refractivity (Wildman–Crippen MR) is 98.9 cm³/mol. The van der Waals surface area contributed by atoms with Crippen molar-refractivity contribution in [3.63, 3.8) is 0 Å². The van der Waals surface area contributed by atoms with Crippen LogP contribution in [0.25, 0.3) is 0 Å². The first-order valence-electron chi connectivity index (χ1n) is 8.26. The lowest BCUT2D eigenvalue weighted by Gasteiger charge is -2.10. The molecule has 1 heterocycles. The summed E-state index contributed by atoms with van der Waals surface area (Å²) in [4.78, 5) is 12.2. The van der Waals surface area contributed by atoms with Crippen LogP contribution in [0.15, 0.2) is 48.5 Å². The average molecular weight is 407 g/mol. The van der Waals surface area contributed by atoms with Gasteiger partial charge in [0.2, 0.25) is 5.13 Å². The number of benzene rings is 2. The minimum Gasteiger partial charge on any atom is -0.378 e. The Labute approximate surface area is 162 Å². The average Bonchev–Trinajstić information content (AvgIpc) is 3.07. The van der Waals surface area contributed by atoms with Crippen molar-refractivity contribution in [2.24, 2.45) is 0 Å². The number of amides is 1. The zero-order valence-corrected chi connectivity index (χ0v) is 15.5. The smallest absolute Gasteiger partial charge is 0.378 e. The molecular weight excluding hydrogens is 391 g/mol. The normalized spacial score (nSPS) is 12.6. The molecule has 5 nitrogen and oxygen atoms in total. The summed E-state index contributed by atoms with van der Waals surface area (Å²) < 4.78 is 37.8. The van der Waals surface area contributed by atoms with E-state index >= 15 is 0 Å². The number of aryl methyl sites for hydroxylation is 1. The number of aliphatic hydroxyl groups excluding tert-OH is 1. The summed E-state index contributed by atoms with van der Waals surface area (Å²) in [5, 5.41) is 21.2. The van der Waals surface area contributed by atoms with Crippen LogP contribution in [0.5, 0.6) is 0 Å².